The normalized spacial score (nSPS) is 12.3. The lowest BCUT2D eigenvalue weighted by molar-refractivity contribution is -0.120. The lowest BCUT2D eigenvalue weighted by atomic mass is 10.1. The quantitative estimate of drug-likeness (QED) is 0.357. The second-order valence-electron chi connectivity index (χ2n) is 7.52. The molecule has 1 N–H and O–H groups in total. The minimum atomic E-state index is -0.334. The number of thioether (sulfide) groups is 1. The van der Waals surface area contributed by atoms with Crippen molar-refractivity contribution in [2.75, 3.05) is 0 Å². The van der Waals surface area contributed by atoms with Crippen molar-refractivity contribution < 1.29 is 4.79 Å². The Morgan fingerprint density at radius 2 is 1.91 bits per heavy atom. The van der Waals surface area contributed by atoms with Crippen LogP contribution in [0.25, 0.3) is 27.9 Å². The number of nitrogens with zero attached hydrogens (tertiary/aromatic N) is 4. The molecule has 0 saturated carbocycles. The van der Waals surface area contributed by atoms with Gasteiger partial charge in [0.2, 0.25) is 5.91 Å². The predicted octanol–water partition coefficient (Wildman–Crippen LogP) is 5.11. The second-order valence-corrected chi connectivity index (χ2v) is 9.86. The first kappa shape index (κ1) is 20.7. The van der Waals surface area contributed by atoms with E-state index in [1.54, 1.807) is 11.3 Å². The van der Waals surface area contributed by atoms with E-state index in [0.29, 0.717) is 11.7 Å². The van der Waals surface area contributed by atoms with E-state index in [9.17, 15) is 4.79 Å². The molecular weight excluding hydrogens is 438 g/mol. The van der Waals surface area contributed by atoms with Crippen molar-refractivity contribution in [2.24, 2.45) is 0 Å². The molecule has 32 heavy (non-hydrogen) atoms. The van der Waals surface area contributed by atoms with Gasteiger partial charge in [-0.05, 0) is 37.4 Å². The van der Waals surface area contributed by atoms with Crippen molar-refractivity contribution in [1.82, 2.24) is 24.9 Å². The number of aryl methyl sites for hydroxylation is 1. The van der Waals surface area contributed by atoms with E-state index < -0.39 is 0 Å². The summed E-state index contributed by atoms with van der Waals surface area (Å²) in [6.07, 6.45) is 0. The van der Waals surface area contributed by atoms with Crippen molar-refractivity contribution >= 4 is 45.6 Å². The van der Waals surface area contributed by atoms with E-state index in [4.69, 9.17) is 4.98 Å². The first-order valence-corrected chi connectivity index (χ1v) is 12.0. The van der Waals surface area contributed by atoms with Crippen LogP contribution in [-0.2, 0) is 11.3 Å². The maximum absolute atomic E-state index is 12.7. The fourth-order valence-corrected chi connectivity index (χ4v) is 4.99. The highest BCUT2D eigenvalue weighted by atomic mass is 32.2. The molecule has 0 radical (unpaired) electrons. The van der Waals surface area contributed by atoms with Gasteiger partial charge in [0.25, 0.3) is 0 Å². The van der Waals surface area contributed by atoms with Crippen LogP contribution < -0.4 is 5.32 Å². The number of amides is 1. The third kappa shape index (κ3) is 3.99. The first-order chi connectivity index (χ1) is 15.6. The third-order valence-electron chi connectivity index (χ3n) is 5.19. The topological polar surface area (TPSA) is 72.2 Å². The van der Waals surface area contributed by atoms with Crippen LogP contribution in [0.2, 0.25) is 0 Å². The number of nitrogens with one attached hydrogen (secondary N) is 1. The van der Waals surface area contributed by atoms with Crippen LogP contribution in [-0.4, -0.2) is 30.7 Å². The maximum Gasteiger partial charge on any atom is 0.233 e. The van der Waals surface area contributed by atoms with Crippen molar-refractivity contribution in [1.29, 1.82) is 0 Å². The average molecular weight is 460 g/mol. The standard InChI is InChI=1S/C24H21N5OS2/c1-15-9-11-17(12-10-15)21-26-20-8-4-3-7-19(20)22-27-28-24(29(21)22)32-16(2)23(30)25-14-18-6-5-13-31-18/h3-13,16H,14H2,1-2H3,(H,25,30)/t16-/m1/s1. The van der Waals surface area contributed by atoms with Gasteiger partial charge in [0.15, 0.2) is 10.8 Å². The highest BCUT2D eigenvalue weighted by molar-refractivity contribution is 8.00. The number of para-hydroxylation sites is 1. The zero-order chi connectivity index (χ0) is 22.1. The summed E-state index contributed by atoms with van der Waals surface area (Å²) in [4.78, 5) is 18.8. The van der Waals surface area contributed by atoms with E-state index in [1.807, 2.05) is 53.1 Å². The van der Waals surface area contributed by atoms with Gasteiger partial charge in [-0.1, -0.05) is 59.8 Å². The fraction of sp³-hybridized carbons (Fsp3) is 0.167. The van der Waals surface area contributed by atoms with Gasteiger partial charge in [-0.2, -0.15) is 0 Å². The van der Waals surface area contributed by atoms with Crippen LogP contribution in [0.3, 0.4) is 0 Å². The monoisotopic (exact) mass is 459 g/mol. The minimum Gasteiger partial charge on any atom is -0.350 e. The number of carbonyl (C=O) groups excluding carboxylic acids is 1. The third-order valence-corrected chi connectivity index (χ3v) is 7.11. The van der Waals surface area contributed by atoms with Gasteiger partial charge >= 0.3 is 0 Å². The Morgan fingerprint density at radius 1 is 1.09 bits per heavy atom. The summed E-state index contributed by atoms with van der Waals surface area (Å²) in [5, 5.41) is 15.2. The summed E-state index contributed by atoms with van der Waals surface area (Å²) in [5.41, 5.74) is 3.75. The highest BCUT2D eigenvalue weighted by Crippen LogP contribution is 2.30. The van der Waals surface area contributed by atoms with E-state index >= 15 is 0 Å². The van der Waals surface area contributed by atoms with Crippen molar-refractivity contribution in [3.8, 4) is 11.4 Å². The van der Waals surface area contributed by atoms with Crippen LogP contribution >= 0.6 is 23.1 Å². The molecule has 5 rings (SSSR count). The molecule has 5 aromatic rings. The minimum absolute atomic E-state index is 0.0363. The lowest BCUT2D eigenvalue weighted by Crippen LogP contribution is -2.30. The molecule has 8 heteroatoms. The van der Waals surface area contributed by atoms with Crippen LogP contribution in [0.15, 0.2) is 71.2 Å². The van der Waals surface area contributed by atoms with E-state index in [1.165, 1.54) is 17.3 Å². The molecule has 0 aliphatic carbocycles. The Hall–Kier alpha value is -3.23. The molecule has 6 nitrogen and oxygen atoms in total. The van der Waals surface area contributed by atoms with Crippen LogP contribution in [0.1, 0.15) is 17.4 Å². The summed E-state index contributed by atoms with van der Waals surface area (Å²) >= 11 is 3.02. The number of hydrogen-bond acceptors (Lipinski definition) is 6. The van der Waals surface area contributed by atoms with Gasteiger partial charge in [0.05, 0.1) is 17.3 Å². The second kappa shape index (κ2) is 8.72. The number of rotatable bonds is 6. The molecule has 0 saturated heterocycles. The van der Waals surface area contributed by atoms with Crippen molar-refractivity contribution in [3.05, 3.63) is 76.5 Å². The molecule has 1 amide bonds. The molecule has 0 aliphatic rings. The highest BCUT2D eigenvalue weighted by Gasteiger charge is 2.21. The maximum atomic E-state index is 12.7. The van der Waals surface area contributed by atoms with Gasteiger partial charge in [-0.25, -0.2) is 4.98 Å². The van der Waals surface area contributed by atoms with Crippen LogP contribution in [0.5, 0.6) is 0 Å². The number of aromatic nitrogens is 4. The summed E-state index contributed by atoms with van der Waals surface area (Å²) in [6, 6.07) is 20.2. The van der Waals surface area contributed by atoms with Crippen LogP contribution in [0.4, 0.5) is 0 Å². The number of fused-ring (bicyclic) bond motifs is 3. The molecule has 2 aromatic carbocycles. The number of hydrogen-bond donors (Lipinski definition) is 1. The summed E-state index contributed by atoms with van der Waals surface area (Å²) in [6.45, 7) is 4.47. The molecular formula is C24H21N5OS2. The number of thiophene rings is 1. The molecule has 0 bridgehead atoms. The zero-order valence-electron chi connectivity index (χ0n) is 17.6. The molecule has 0 unspecified atom stereocenters. The van der Waals surface area contributed by atoms with Crippen molar-refractivity contribution in [3.63, 3.8) is 0 Å². The number of carbonyl (C=O) groups is 1. The SMILES string of the molecule is Cc1ccc(-c2nc3ccccc3c3nnc(S[C@H](C)C(=O)NCc4cccs4)n23)cc1. The molecule has 160 valence electrons. The van der Waals surface area contributed by atoms with Gasteiger partial charge in [0, 0.05) is 15.8 Å². The zero-order valence-corrected chi connectivity index (χ0v) is 19.3. The van der Waals surface area contributed by atoms with Gasteiger partial charge < -0.3 is 5.32 Å². The first-order valence-electron chi connectivity index (χ1n) is 10.3. The van der Waals surface area contributed by atoms with Gasteiger partial charge in [-0.3, -0.25) is 9.20 Å². The predicted molar refractivity (Wildman–Crippen MR) is 130 cm³/mol. The largest absolute Gasteiger partial charge is 0.350 e. The van der Waals surface area contributed by atoms with E-state index in [0.717, 1.165) is 32.8 Å². The molecule has 0 aliphatic heterocycles. The Kier molecular flexibility index (Phi) is 5.63. The molecule has 1 atom stereocenters. The lowest BCUT2D eigenvalue weighted by Gasteiger charge is -2.13. The smallest absolute Gasteiger partial charge is 0.233 e. The summed E-state index contributed by atoms with van der Waals surface area (Å²) in [5.74, 6) is 0.725. The Labute approximate surface area is 193 Å². The molecule has 0 spiro atoms. The van der Waals surface area contributed by atoms with Crippen LogP contribution in [0, 0.1) is 6.92 Å². The van der Waals surface area contributed by atoms with Gasteiger partial charge in [0.1, 0.15) is 5.82 Å². The Balaban J connectivity index is 1.52. The average Bonchev–Trinajstić information content (AvgIpc) is 3.48. The Bertz CT molecular complexity index is 1390. The Morgan fingerprint density at radius 3 is 2.69 bits per heavy atom. The van der Waals surface area contributed by atoms with Gasteiger partial charge in [-0.15, -0.1) is 21.5 Å². The summed E-state index contributed by atoms with van der Waals surface area (Å²) in [7, 11) is 0. The van der Waals surface area contributed by atoms with E-state index in [2.05, 4.69) is 46.7 Å². The van der Waals surface area contributed by atoms with Crippen molar-refractivity contribution in [2.45, 2.75) is 30.8 Å². The molecule has 3 aromatic heterocycles. The fourth-order valence-electron chi connectivity index (χ4n) is 3.48. The molecule has 3 heterocycles. The molecule has 0 fully saturated rings. The van der Waals surface area contributed by atoms with E-state index in [-0.39, 0.29) is 11.2 Å². The number of benzene rings is 2. The summed E-state index contributed by atoms with van der Waals surface area (Å²) < 4.78 is 1.96.